The molecule has 0 amide bonds. The molecule has 3 aromatic carbocycles. The van der Waals surface area contributed by atoms with Crippen molar-refractivity contribution in [1.82, 2.24) is 0 Å². The third-order valence-corrected chi connectivity index (χ3v) is 5.59. The Morgan fingerprint density at radius 2 is 1.74 bits per heavy atom. The lowest BCUT2D eigenvalue weighted by molar-refractivity contribution is -0.131. The summed E-state index contributed by atoms with van der Waals surface area (Å²) < 4.78 is 10.8. The molecule has 0 bridgehead atoms. The summed E-state index contributed by atoms with van der Waals surface area (Å²) in [6, 6.07) is 14.3. The zero-order valence-corrected chi connectivity index (χ0v) is 18.3. The van der Waals surface area contributed by atoms with Gasteiger partial charge < -0.3 is 19.9 Å². The largest absolute Gasteiger partial charge is 0.478 e. The zero-order chi connectivity index (χ0) is 22.0. The Morgan fingerprint density at radius 1 is 0.968 bits per heavy atom. The highest BCUT2D eigenvalue weighted by Gasteiger charge is 2.17. The molecule has 0 unspecified atom stereocenters. The van der Waals surface area contributed by atoms with Crippen molar-refractivity contribution in [3.8, 4) is 11.5 Å². The van der Waals surface area contributed by atoms with Gasteiger partial charge in [0.15, 0.2) is 11.5 Å². The number of carboxylic acid groups (broad SMARTS) is 1. The molecule has 0 spiro atoms. The Hall–Kier alpha value is -2.86. The van der Waals surface area contributed by atoms with Crippen molar-refractivity contribution in [1.29, 1.82) is 0 Å². The van der Waals surface area contributed by atoms with Gasteiger partial charge in [-0.3, -0.25) is 0 Å². The van der Waals surface area contributed by atoms with Crippen molar-refractivity contribution < 1.29 is 19.4 Å². The first-order chi connectivity index (χ1) is 14.9. The molecule has 4 rings (SSSR count). The quantitative estimate of drug-likeness (QED) is 0.383. The number of carboxylic acids is 1. The minimum Gasteiger partial charge on any atom is -0.478 e. The van der Waals surface area contributed by atoms with Crippen LogP contribution in [0.15, 0.2) is 54.6 Å². The maximum atomic E-state index is 11.0. The number of anilines is 2. The van der Waals surface area contributed by atoms with Crippen LogP contribution in [-0.4, -0.2) is 17.9 Å². The molecule has 0 radical (unpaired) electrons. The highest BCUT2D eigenvalue weighted by molar-refractivity contribution is 6.35. The van der Waals surface area contributed by atoms with Gasteiger partial charge in [0, 0.05) is 27.9 Å². The molecule has 31 heavy (non-hydrogen) atoms. The number of hydrogen-bond donors (Lipinski definition) is 2. The Balaban J connectivity index is 1.70. The number of ether oxygens (including phenoxy) is 2. The summed E-state index contributed by atoms with van der Waals surface area (Å²) in [5.74, 6) is 0.202. The maximum Gasteiger partial charge on any atom is 0.328 e. The van der Waals surface area contributed by atoms with Crippen molar-refractivity contribution in [2.75, 3.05) is 12.1 Å². The van der Waals surface area contributed by atoms with E-state index in [2.05, 4.69) is 5.32 Å². The van der Waals surface area contributed by atoms with Gasteiger partial charge in [-0.2, -0.15) is 0 Å². The zero-order valence-electron chi connectivity index (χ0n) is 16.0. The fourth-order valence-corrected chi connectivity index (χ4v) is 3.77. The third kappa shape index (κ3) is 5.07. The SMILES string of the molecule is O=C(O)C=Cc1ccc(Nc2cc(Cl)ccc2Cl)cc1Cc1cc2c(cc1Cl)OCO2. The van der Waals surface area contributed by atoms with E-state index in [9.17, 15) is 4.79 Å². The molecule has 158 valence electrons. The summed E-state index contributed by atoms with van der Waals surface area (Å²) in [4.78, 5) is 11.0. The van der Waals surface area contributed by atoms with E-state index in [0.717, 1.165) is 28.5 Å². The van der Waals surface area contributed by atoms with Crippen molar-refractivity contribution in [3.05, 3.63) is 86.4 Å². The molecule has 1 aliphatic rings. The molecular weight excluding hydrogens is 461 g/mol. The Kier molecular flexibility index (Phi) is 6.28. The summed E-state index contributed by atoms with van der Waals surface area (Å²) in [5, 5.41) is 13.9. The van der Waals surface area contributed by atoms with Gasteiger partial charge in [0.25, 0.3) is 0 Å². The van der Waals surface area contributed by atoms with Gasteiger partial charge in [0.05, 0.1) is 10.7 Å². The van der Waals surface area contributed by atoms with E-state index in [1.54, 1.807) is 30.3 Å². The summed E-state index contributed by atoms with van der Waals surface area (Å²) in [6.45, 7) is 0.154. The first kappa shape index (κ1) is 21.4. The molecule has 0 saturated heterocycles. The lowest BCUT2D eigenvalue weighted by atomic mass is 9.98. The van der Waals surface area contributed by atoms with Gasteiger partial charge in [0.2, 0.25) is 6.79 Å². The fraction of sp³-hybridized carbons (Fsp3) is 0.0870. The topological polar surface area (TPSA) is 67.8 Å². The van der Waals surface area contributed by atoms with Gasteiger partial charge in [-0.1, -0.05) is 40.9 Å². The molecular formula is C23H16Cl3NO4. The van der Waals surface area contributed by atoms with Crippen molar-refractivity contribution in [3.63, 3.8) is 0 Å². The van der Waals surface area contributed by atoms with Crippen LogP contribution in [0.1, 0.15) is 16.7 Å². The minimum atomic E-state index is -1.03. The van der Waals surface area contributed by atoms with Crippen LogP contribution in [-0.2, 0) is 11.2 Å². The molecule has 0 saturated carbocycles. The van der Waals surface area contributed by atoms with Crippen molar-refractivity contribution in [2.45, 2.75) is 6.42 Å². The molecule has 2 N–H and O–H groups in total. The first-order valence-corrected chi connectivity index (χ1v) is 10.4. The molecule has 8 heteroatoms. The monoisotopic (exact) mass is 475 g/mol. The van der Waals surface area contributed by atoms with Crippen LogP contribution < -0.4 is 14.8 Å². The highest BCUT2D eigenvalue weighted by Crippen LogP contribution is 2.38. The Morgan fingerprint density at radius 3 is 2.52 bits per heavy atom. The number of fused-ring (bicyclic) bond motifs is 1. The molecule has 1 heterocycles. The van der Waals surface area contributed by atoms with Gasteiger partial charge in [-0.15, -0.1) is 0 Å². The summed E-state index contributed by atoms with van der Waals surface area (Å²) in [5.41, 5.74) is 3.87. The molecule has 0 fully saturated rings. The Labute approximate surface area is 193 Å². The van der Waals surface area contributed by atoms with E-state index in [0.29, 0.717) is 38.7 Å². The standard InChI is InChI=1S/C23H16Cl3NO4/c24-16-3-5-18(25)20(10-16)27-17-4-1-13(2-6-23(28)29)14(8-17)7-15-9-21-22(11-19(15)26)31-12-30-21/h1-6,8-11,27H,7,12H2,(H,28,29). The number of aliphatic carboxylic acids is 1. The van der Waals surface area contributed by atoms with Crippen LogP contribution in [0, 0.1) is 0 Å². The normalized spacial score (nSPS) is 12.4. The molecule has 5 nitrogen and oxygen atoms in total. The van der Waals surface area contributed by atoms with E-state index in [4.69, 9.17) is 49.4 Å². The second-order valence-electron chi connectivity index (χ2n) is 6.81. The van der Waals surface area contributed by atoms with Crippen molar-refractivity contribution >= 4 is 58.2 Å². The smallest absolute Gasteiger partial charge is 0.328 e. The predicted molar refractivity (Wildman–Crippen MR) is 123 cm³/mol. The van der Waals surface area contributed by atoms with E-state index in [1.807, 2.05) is 24.3 Å². The van der Waals surface area contributed by atoms with Crippen LogP contribution >= 0.6 is 34.8 Å². The molecule has 0 aliphatic carbocycles. The first-order valence-electron chi connectivity index (χ1n) is 9.23. The predicted octanol–water partition coefficient (Wildman–Crippen LogP) is 6.81. The van der Waals surface area contributed by atoms with E-state index in [1.165, 1.54) is 0 Å². The van der Waals surface area contributed by atoms with Gasteiger partial charge in [0.1, 0.15) is 0 Å². The second-order valence-corrected chi connectivity index (χ2v) is 8.06. The number of benzene rings is 3. The fourth-order valence-electron chi connectivity index (χ4n) is 3.21. The number of nitrogens with one attached hydrogen (secondary N) is 1. The molecule has 3 aromatic rings. The second kappa shape index (κ2) is 9.10. The van der Waals surface area contributed by atoms with Crippen molar-refractivity contribution in [2.24, 2.45) is 0 Å². The molecule has 1 aliphatic heterocycles. The number of rotatable bonds is 6. The number of hydrogen-bond acceptors (Lipinski definition) is 4. The third-order valence-electron chi connectivity index (χ3n) is 4.68. The summed E-state index contributed by atoms with van der Waals surface area (Å²) in [7, 11) is 0. The van der Waals surface area contributed by atoms with Crippen LogP contribution in [0.2, 0.25) is 15.1 Å². The van der Waals surface area contributed by atoms with Gasteiger partial charge >= 0.3 is 5.97 Å². The van der Waals surface area contributed by atoms with E-state index >= 15 is 0 Å². The molecule has 0 atom stereocenters. The average molecular weight is 477 g/mol. The van der Waals surface area contributed by atoms with E-state index in [-0.39, 0.29) is 6.79 Å². The Bertz CT molecular complexity index is 1190. The van der Waals surface area contributed by atoms with Gasteiger partial charge in [-0.05, 0) is 65.6 Å². The van der Waals surface area contributed by atoms with Crippen LogP contribution in [0.25, 0.3) is 6.08 Å². The van der Waals surface area contributed by atoms with E-state index < -0.39 is 5.97 Å². The van der Waals surface area contributed by atoms with Crippen LogP contribution in [0.5, 0.6) is 11.5 Å². The summed E-state index contributed by atoms with van der Waals surface area (Å²) >= 11 is 18.8. The van der Waals surface area contributed by atoms with Gasteiger partial charge in [-0.25, -0.2) is 4.79 Å². The average Bonchev–Trinajstić information content (AvgIpc) is 3.17. The minimum absolute atomic E-state index is 0.154. The maximum absolute atomic E-state index is 11.0. The lowest BCUT2D eigenvalue weighted by Crippen LogP contribution is -1.98. The van der Waals surface area contributed by atoms with Crippen LogP contribution in [0.3, 0.4) is 0 Å². The highest BCUT2D eigenvalue weighted by atomic mass is 35.5. The number of halogens is 3. The number of carbonyl (C=O) groups is 1. The lowest BCUT2D eigenvalue weighted by Gasteiger charge is -2.14. The molecule has 0 aromatic heterocycles. The summed E-state index contributed by atoms with van der Waals surface area (Å²) in [6.07, 6.45) is 3.10. The van der Waals surface area contributed by atoms with Crippen LogP contribution in [0.4, 0.5) is 11.4 Å².